The minimum atomic E-state index is -0.329. The Bertz CT molecular complexity index is 368. The number of amides is 1. The topological polar surface area (TPSA) is 68.0 Å². The van der Waals surface area contributed by atoms with Gasteiger partial charge < -0.3 is 5.73 Å². The molecule has 1 amide bonds. The third kappa shape index (κ3) is 3.90. The summed E-state index contributed by atoms with van der Waals surface area (Å²) in [7, 11) is 0. The molecular weight excluding hydrogens is 270 g/mol. The van der Waals surface area contributed by atoms with Gasteiger partial charge in [-0.25, -0.2) is 4.98 Å². The van der Waals surface area contributed by atoms with E-state index in [0.29, 0.717) is 6.54 Å². The Morgan fingerprint density at radius 2 is 2.25 bits per heavy atom. The third-order valence-electron chi connectivity index (χ3n) is 2.25. The molecule has 16 heavy (non-hydrogen) atoms. The summed E-state index contributed by atoms with van der Waals surface area (Å²) in [5.41, 5.74) is 6.18. The second-order valence-corrected chi connectivity index (χ2v) is 4.77. The van der Waals surface area contributed by atoms with E-state index in [-0.39, 0.29) is 17.9 Å². The monoisotopic (exact) mass is 285 g/mol. The molecule has 0 aliphatic rings. The van der Waals surface area contributed by atoms with Crippen molar-refractivity contribution in [2.45, 2.75) is 26.4 Å². The van der Waals surface area contributed by atoms with Crippen molar-refractivity contribution >= 4 is 21.8 Å². The number of primary amides is 1. The summed E-state index contributed by atoms with van der Waals surface area (Å²) >= 11 is 3.30. The molecule has 4 nitrogen and oxygen atoms in total. The summed E-state index contributed by atoms with van der Waals surface area (Å²) in [6.45, 7) is 4.44. The van der Waals surface area contributed by atoms with Crippen molar-refractivity contribution in [3.05, 3.63) is 28.5 Å². The number of carbonyl (C=O) groups excluding carboxylic acids is 1. The zero-order chi connectivity index (χ0) is 12.1. The summed E-state index contributed by atoms with van der Waals surface area (Å²) in [5, 5.41) is 3.10. The largest absolute Gasteiger partial charge is 0.368 e. The highest BCUT2D eigenvalue weighted by Crippen LogP contribution is 2.07. The molecule has 0 radical (unpaired) electrons. The first kappa shape index (κ1) is 13.1. The molecule has 0 saturated carbocycles. The van der Waals surface area contributed by atoms with E-state index >= 15 is 0 Å². The number of hydrogen-bond acceptors (Lipinski definition) is 3. The van der Waals surface area contributed by atoms with Gasteiger partial charge >= 0.3 is 0 Å². The van der Waals surface area contributed by atoms with Gasteiger partial charge in [-0.2, -0.15) is 0 Å². The normalized spacial score (nSPS) is 12.8. The first-order valence-electron chi connectivity index (χ1n) is 5.15. The minimum Gasteiger partial charge on any atom is -0.368 e. The number of hydrogen-bond donors (Lipinski definition) is 2. The van der Waals surface area contributed by atoms with E-state index in [9.17, 15) is 4.79 Å². The Balaban J connectivity index is 2.59. The van der Waals surface area contributed by atoms with Gasteiger partial charge in [-0.3, -0.25) is 10.1 Å². The molecule has 0 saturated heterocycles. The second-order valence-electron chi connectivity index (χ2n) is 3.96. The van der Waals surface area contributed by atoms with Crippen LogP contribution in [0.25, 0.3) is 0 Å². The van der Waals surface area contributed by atoms with Gasteiger partial charge in [0.1, 0.15) is 4.60 Å². The van der Waals surface area contributed by atoms with Crippen LogP contribution in [0.4, 0.5) is 0 Å². The molecule has 0 aliphatic carbocycles. The predicted molar refractivity (Wildman–Crippen MR) is 66.6 cm³/mol. The Morgan fingerprint density at radius 3 is 2.75 bits per heavy atom. The van der Waals surface area contributed by atoms with Crippen LogP contribution in [0.1, 0.15) is 19.5 Å². The molecule has 1 atom stereocenters. The Kier molecular flexibility index (Phi) is 4.89. The quantitative estimate of drug-likeness (QED) is 0.805. The third-order valence-corrected chi connectivity index (χ3v) is 2.69. The molecule has 1 aromatic rings. The summed E-state index contributed by atoms with van der Waals surface area (Å²) in [4.78, 5) is 15.4. The van der Waals surface area contributed by atoms with Gasteiger partial charge in [-0.05, 0) is 34.0 Å². The van der Waals surface area contributed by atoms with E-state index in [0.717, 1.165) is 10.3 Å². The van der Waals surface area contributed by atoms with Crippen molar-refractivity contribution in [3.63, 3.8) is 0 Å². The van der Waals surface area contributed by atoms with Crippen LogP contribution in [0.15, 0.2) is 22.8 Å². The Morgan fingerprint density at radius 1 is 1.56 bits per heavy atom. The lowest BCUT2D eigenvalue weighted by atomic mass is 10.0. The van der Waals surface area contributed by atoms with E-state index < -0.39 is 0 Å². The molecule has 0 spiro atoms. The number of nitrogens with two attached hydrogens (primary N) is 1. The summed E-state index contributed by atoms with van der Waals surface area (Å²) < 4.78 is 0.784. The van der Waals surface area contributed by atoms with Crippen LogP contribution in [0, 0.1) is 5.92 Å². The number of halogens is 1. The summed E-state index contributed by atoms with van der Waals surface area (Å²) in [6, 6.07) is 5.34. The van der Waals surface area contributed by atoms with Crippen molar-refractivity contribution in [3.8, 4) is 0 Å². The van der Waals surface area contributed by atoms with Gasteiger partial charge in [0, 0.05) is 6.54 Å². The van der Waals surface area contributed by atoms with Crippen molar-refractivity contribution in [1.29, 1.82) is 0 Å². The van der Waals surface area contributed by atoms with Gasteiger partial charge in [-0.1, -0.05) is 19.9 Å². The molecular formula is C11H16BrN3O. The first-order chi connectivity index (χ1) is 7.50. The molecule has 1 aromatic heterocycles. The molecule has 0 bridgehead atoms. The predicted octanol–water partition coefficient (Wildman–Crippen LogP) is 1.44. The van der Waals surface area contributed by atoms with E-state index in [1.54, 1.807) is 0 Å². The van der Waals surface area contributed by atoms with Crippen LogP contribution in [0.2, 0.25) is 0 Å². The number of pyridine rings is 1. The molecule has 1 heterocycles. The summed E-state index contributed by atoms with van der Waals surface area (Å²) in [6.07, 6.45) is 0. The number of nitrogens with one attached hydrogen (secondary N) is 1. The highest BCUT2D eigenvalue weighted by atomic mass is 79.9. The molecule has 0 aromatic carbocycles. The average Bonchev–Trinajstić information content (AvgIpc) is 2.16. The lowest BCUT2D eigenvalue weighted by Crippen LogP contribution is -2.44. The number of carbonyl (C=O) groups is 1. The fourth-order valence-corrected chi connectivity index (χ4v) is 1.81. The zero-order valence-electron chi connectivity index (χ0n) is 9.40. The average molecular weight is 286 g/mol. The van der Waals surface area contributed by atoms with Crippen LogP contribution in [-0.2, 0) is 11.3 Å². The number of rotatable bonds is 5. The van der Waals surface area contributed by atoms with Crippen molar-refractivity contribution in [1.82, 2.24) is 10.3 Å². The van der Waals surface area contributed by atoms with Gasteiger partial charge in [0.25, 0.3) is 0 Å². The zero-order valence-corrected chi connectivity index (χ0v) is 11.0. The number of aromatic nitrogens is 1. The van der Waals surface area contributed by atoms with Crippen molar-refractivity contribution in [2.75, 3.05) is 0 Å². The highest BCUT2D eigenvalue weighted by molar-refractivity contribution is 9.10. The molecule has 0 aliphatic heterocycles. The maximum Gasteiger partial charge on any atom is 0.234 e. The Hall–Kier alpha value is -0.940. The van der Waals surface area contributed by atoms with E-state index in [4.69, 9.17) is 5.73 Å². The number of nitrogens with zero attached hydrogens (tertiary/aromatic N) is 1. The van der Waals surface area contributed by atoms with E-state index in [1.165, 1.54) is 0 Å². The van der Waals surface area contributed by atoms with Gasteiger partial charge in [-0.15, -0.1) is 0 Å². The van der Waals surface area contributed by atoms with Crippen molar-refractivity contribution < 1.29 is 4.79 Å². The van der Waals surface area contributed by atoms with Gasteiger partial charge in [0.2, 0.25) is 5.91 Å². The molecule has 88 valence electrons. The molecule has 5 heteroatoms. The minimum absolute atomic E-state index is 0.171. The highest BCUT2D eigenvalue weighted by Gasteiger charge is 2.18. The van der Waals surface area contributed by atoms with Crippen LogP contribution in [0.3, 0.4) is 0 Å². The molecule has 1 unspecified atom stereocenters. The lowest BCUT2D eigenvalue weighted by Gasteiger charge is -2.18. The maximum absolute atomic E-state index is 11.2. The van der Waals surface area contributed by atoms with Gasteiger partial charge in [0.15, 0.2) is 0 Å². The van der Waals surface area contributed by atoms with Gasteiger partial charge in [0.05, 0.1) is 11.7 Å². The van der Waals surface area contributed by atoms with Crippen LogP contribution in [0.5, 0.6) is 0 Å². The molecule has 1 rings (SSSR count). The maximum atomic E-state index is 11.2. The fourth-order valence-electron chi connectivity index (χ4n) is 1.43. The first-order valence-corrected chi connectivity index (χ1v) is 5.94. The standard InChI is InChI=1S/C11H16BrN3O/c1-7(2)10(11(13)16)14-6-8-4-3-5-9(12)15-8/h3-5,7,10,14H,6H2,1-2H3,(H2,13,16). The Labute approximate surface area is 104 Å². The van der Waals surface area contributed by atoms with Crippen LogP contribution < -0.4 is 11.1 Å². The van der Waals surface area contributed by atoms with Crippen molar-refractivity contribution in [2.24, 2.45) is 11.7 Å². The fraction of sp³-hybridized carbons (Fsp3) is 0.455. The van der Waals surface area contributed by atoms with E-state index in [1.807, 2.05) is 32.0 Å². The molecule has 0 fully saturated rings. The van der Waals surface area contributed by atoms with Crippen LogP contribution >= 0.6 is 15.9 Å². The van der Waals surface area contributed by atoms with Crippen LogP contribution in [-0.4, -0.2) is 16.9 Å². The SMILES string of the molecule is CC(C)C(NCc1cccc(Br)n1)C(N)=O. The summed E-state index contributed by atoms with van der Waals surface area (Å²) in [5.74, 6) is -0.158. The van der Waals surface area contributed by atoms with E-state index in [2.05, 4.69) is 26.2 Å². The molecule has 3 N–H and O–H groups in total. The smallest absolute Gasteiger partial charge is 0.234 e. The second kappa shape index (κ2) is 5.96. The lowest BCUT2D eigenvalue weighted by molar-refractivity contribution is -0.121.